The standard InChI is InChI=1S/C16H20O/c1-12(2)15(11-17)10-14-8-5-7-13-6-3-4-9-16(13)14/h3-9,12,15,17H,10-11H2,1-2H3. The predicted octanol–water partition coefficient (Wildman–Crippen LogP) is 3.65. The Hall–Kier alpha value is -1.34. The summed E-state index contributed by atoms with van der Waals surface area (Å²) in [7, 11) is 0. The Morgan fingerprint density at radius 1 is 1.00 bits per heavy atom. The van der Waals surface area contributed by atoms with Crippen LogP contribution in [0.3, 0.4) is 0 Å². The van der Waals surface area contributed by atoms with E-state index in [-0.39, 0.29) is 6.61 Å². The normalized spacial score (nSPS) is 13.2. The van der Waals surface area contributed by atoms with Gasteiger partial charge >= 0.3 is 0 Å². The molecule has 1 unspecified atom stereocenters. The third-order valence-corrected chi connectivity index (χ3v) is 3.54. The molecule has 1 N–H and O–H groups in total. The Bertz CT molecular complexity index is 482. The quantitative estimate of drug-likeness (QED) is 0.847. The maximum Gasteiger partial charge on any atom is 0.0464 e. The highest BCUT2D eigenvalue weighted by Crippen LogP contribution is 2.23. The molecular weight excluding hydrogens is 208 g/mol. The average Bonchev–Trinajstić information content (AvgIpc) is 2.35. The molecule has 2 aromatic rings. The topological polar surface area (TPSA) is 20.2 Å². The van der Waals surface area contributed by atoms with Crippen LogP contribution in [0.5, 0.6) is 0 Å². The number of aliphatic hydroxyl groups excluding tert-OH is 1. The van der Waals surface area contributed by atoms with Gasteiger partial charge in [0.2, 0.25) is 0 Å². The van der Waals surface area contributed by atoms with E-state index in [0.717, 1.165) is 6.42 Å². The molecule has 1 nitrogen and oxygen atoms in total. The molecule has 2 rings (SSSR count). The summed E-state index contributed by atoms with van der Waals surface area (Å²) in [6.07, 6.45) is 0.954. The first-order chi connectivity index (χ1) is 8.22. The first kappa shape index (κ1) is 12.1. The van der Waals surface area contributed by atoms with Crippen LogP contribution in [0.2, 0.25) is 0 Å². The van der Waals surface area contributed by atoms with Crippen LogP contribution < -0.4 is 0 Å². The van der Waals surface area contributed by atoms with Crippen molar-refractivity contribution >= 4 is 10.8 Å². The molecule has 1 atom stereocenters. The Morgan fingerprint density at radius 3 is 2.41 bits per heavy atom. The van der Waals surface area contributed by atoms with Gasteiger partial charge in [0, 0.05) is 6.61 Å². The van der Waals surface area contributed by atoms with Gasteiger partial charge in [-0.2, -0.15) is 0 Å². The Labute approximate surface area is 103 Å². The molecule has 0 spiro atoms. The summed E-state index contributed by atoms with van der Waals surface area (Å²) in [5.41, 5.74) is 1.34. The molecule has 0 aliphatic rings. The highest BCUT2D eigenvalue weighted by atomic mass is 16.3. The molecule has 0 saturated carbocycles. The number of hydrogen-bond acceptors (Lipinski definition) is 1. The van der Waals surface area contributed by atoms with Gasteiger partial charge in [0.05, 0.1) is 0 Å². The van der Waals surface area contributed by atoms with Gasteiger partial charge in [-0.3, -0.25) is 0 Å². The van der Waals surface area contributed by atoms with Gasteiger partial charge in [-0.25, -0.2) is 0 Å². The fourth-order valence-corrected chi connectivity index (χ4v) is 2.26. The van der Waals surface area contributed by atoms with E-state index in [1.807, 2.05) is 0 Å². The molecule has 0 bridgehead atoms. The van der Waals surface area contributed by atoms with Crippen LogP contribution in [0.15, 0.2) is 42.5 Å². The largest absolute Gasteiger partial charge is 0.396 e. The zero-order valence-electron chi connectivity index (χ0n) is 10.6. The number of rotatable bonds is 4. The first-order valence-electron chi connectivity index (χ1n) is 6.30. The van der Waals surface area contributed by atoms with E-state index in [0.29, 0.717) is 11.8 Å². The average molecular weight is 228 g/mol. The second kappa shape index (κ2) is 5.33. The lowest BCUT2D eigenvalue weighted by Crippen LogP contribution is -2.16. The molecule has 0 radical (unpaired) electrons. The maximum atomic E-state index is 9.43. The third-order valence-electron chi connectivity index (χ3n) is 3.54. The number of fused-ring (bicyclic) bond motifs is 1. The lowest BCUT2D eigenvalue weighted by atomic mass is 9.88. The minimum atomic E-state index is 0.265. The predicted molar refractivity (Wildman–Crippen MR) is 73.1 cm³/mol. The smallest absolute Gasteiger partial charge is 0.0464 e. The van der Waals surface area contributed by atoms with Crippen molar-refractivity contribution in [2.24, 2.45) is 11.8 Å². The van der Waals surface area contributed by atoms with E-state index < -0.39 is 0 Å². The van der Waals surface area contributed by atoms with Crippen molar-refractivity contribution in [3.05, 3.63) is 48.0 Å². The zero-order chi connectivity index (χ0) is 12.3. The van der Waals surface area contributed by atoms with Crippen LogP contribution >= 0.6 is 0 Å². The molecule has 0 amide bonds. The van der Waals surface area contributed by atoms with Gasteiger partial charge in [-0.05, 0) is 34.6 Å². The van der Waals surface area contributed by atoms with Gasteiger partial charge in [-0.15, -0.1) is 0 Å². The second-order valence-corrected chi connectivity index (χ2v) is 5.03. The van der Waals surface area contributed by atoms with E-state index in [9.17, 15) is 5.11 Å². The van der Waals surface area contributed by atoms with Crippen LogP contribution in [0.4, 0.5) is 0 Å². The second-order valence-electron chi connectivity index (χ2n) is 5.03. The molecule has 0 aliphatic carbocycles. The van der Waals surface area contributed by atoms with Gasteiger partial charge in [-0.1, -0.05) is 56.3 Å². The summed E-state index contributed by atoms with van der Waals surface area (Å²) in [4.78, 5) is 0. The van der Waals surface area contributed by atoms with Crippen molar-refractivity contribution < 1.29 is 5.11 Å². The van der Waals surface area contributed by atoms with Crippen molar-refractivity contribution in [1.29, 1.82) is 0 Å². The van der Waals surface area contributed by atoms with E-state index in [1.165, 1.54) is 16.3 Å². The molecular formula is C16H20O. The monoisotopic (exact) mass is 228 g/mol. The van der Waals surface area contributed by atoms with Crippen molar-refractivity contribution in [2.45, 2.75) is 20.3 Å². The van der Waals surface area contributed by atoms with Gasteiger partial charge in [0.1, 0.15) is 0 Å². The minimum Gasteiger partial charge on any atom is -0.396 e. The summed E-state index contributed by atoms with van der Waals surface area (Å²) in [5.74, 6) is 0.861. The summed E-state index contributed by atoms with van der Waals surface area (Å²) in [5, 5.41) is 12.0. The lowest BCUT2D eigenvalue weighted by molar-refractivity contribution is 0.189. The van der Waals surface area contributed by atoms with E-state index >= 15 is 0 Å². The molecule has 2 aromatic carbocycles. The summed E-state index contributed by atoms with van der Waals surface area (Å²) in [6, 6.07) is 14.9. The molecule has 0 fully saturated rings. The van der Waals surface area contributed by atoms with Crippen LogP contribution in [0.1, 0.15) is 19.4 Å². The SMILES string of the molecule is CC(C)C(CO)Cc1cccc2ccccc12. The zero-order valence-corrected chi connectivity index (χ0v) is 10.6. The summed E-state index contributed by atoms with van der Waals surface area (Å²) >= 11 is 0. The van der Waals surface area contributed by atoms with Crippen molar-refractivity contribution in [3.63, 3.8) is 0 Å². The Balaban J connectivity index is 2.35. The summed E-state index contributed by atoms with van der Waals surface area (Å²) in [6.45, 7) is 4.61. The molecule has 0 saturated heterocycles. The Kier molecular flexibility index (Phi) is 3.80. The van der Waals surface area contributed by atoms with Gasteiger partial charge < -0.3 is 5.11 Å². The molecule has 0 aromatic heterocycles. The van der Waals surface area contributed by atoms with Crippen molar-refractivity contribution in [3.8, 4) is 0 Å². The number of hydrogen-bond donors (Lipinski definition) is 1. The number of aliphatic hydroxyl groups is 1. The molecule has 90 valence electrons. The van der Waals surface area contributed by atoms with E-state index in [4.69, 9.17) is 0 Å². The molecule has 0 aliphatic heterocycles. The molecule has 0 heterocycles. The lowest BCUT2D eigenvalue weighted by Gasteiger charge is -2.19. The third kappa shape index (κ3) is 2.67. The molecule has 17 heavy (non-hydrogen) atoms. The fraction of sp³-hybridized carbons (Fsp3) is 0.375. The minimum absolute atomic E-state index is 0.265. The first-order valence-corrected chi connectivity index (χ1v) is 6.30. The maximum absolute atomic E-state index is 9.43. The van der Waals surface area contributed by atoms with E-state index in [2.05, 4.69) is 56.3 Å². The highest BCUT2D eigenvalue weighted by Gasteiger charge is 2.14. The van der Waals surface area contributed by atoms with Crippen LogP contribution in [0, 0.1) is 11.8 Å². The van der Waals surface area contributed by atoms with Crippen LogP contribution in [-0.4, -0.2) is 11.7 Å². The molecule has 1 heteroatoms. The van der Waals surface area contributed by atoms with Crippen molar-refractivity contribution in [1.82, 2.24) is 0 Å². The van der Waals surface area contributed by atoms with Crippen LogP contribution in [-0.2, 0) is 6.42 Å². The van der Waals surface area contributed by atoms with Crippen LogP contribution in [0.25, 0.3) is 10.8 Å². The Morgan fingerprint density at radius 2 is 1.71 bits per heavy atom. The van der Waals surface area contributed by atoms with Gasteiger partial charge in [0.15, 0.2) is 0 Å². The fourth-order valence-electron chi connectivity index (χ4n) is 2.26. The van der Waals surface area contributed by atoms with Gasteiger partial charge in [0.25, 0.3) is 0 Å². The summed E-state index contributed by atoms with van der Waals surface area (Å²) < 4.78 is 0. The number of benzene rings is 2. The highest BCUT2D eigenvalue weighted by molar-refractivity contribution is 5.85. The van der Waals surface area contributed by atoms with Crippen molar-refractivity contribution in [2.75, 3.05) is 6.61 Å². The van der Waals surface area contributed by atoms with E-state index in [1.54, 1.807) is 0 Å².